The first-order valence-electron chi connectivity index (χ1n) is 10.6. The van der Waals surface area contributed by atoms with E-state index in [0.29, 0.717) is 12.3 Å². The van der Waals surface area contributed by atoms with Crippen molar-refractivity contribution in [3.8, 4) is 0 Å². The highest BCUT2D eigenvalue weighted by Crippen LogP contribution is 2.28. The maximum atomic E-state index is 13.1. The van der Waals surface area contributed by atoms with Crippen LogP contribution in [0.3, 0.4) is 0 Å². The summed E-state index contributed by atoms with van der Waals surface area (Å²) in [6.45, 7) is 5.48. The number of carbonyl (C=O) groups is 1. The molecule has 1 aromatic heterocycles. The Morgan fingerprint density at radius 1 is 0.935 bits per heavy atom. The van der Waals surface area contributed by atoms with E-state index in [1.54, 1.807) is 0 Å². The molecule has 0 spiro atoms. The predicted octanol–water partition coefficient (Wildman–Crippen LogP) is 5.19. The lowest BCUT2D eigenvalue weighted by Crippen LogP contribution is -2.32. The summed E-state index contributed by atoms with van der Waals surface area (Å²) in [6, 6.07) is 24.5. The van der Waals surface area contributed by atoms with Gasteiger partial charge < -0.3 is 9.47 Å². The number of hydrogen-bond acceptors (Lipinski definition) is 4. The Bertz CT molecular complexity index is 1170. The molecule has 1 heterocycles. The Morgan fingerprint density at radius 3 is 2.45 bits per heavy atom. The summed E-state index contributed by atoms with van der Waals surface area (Å²) in [5, 5.41) is 11.8. The SMILES string of the molecule is CCN(C(=O)CSc1nnc(Cc2ccccc2)n1CC)c1cccc2ccccc12. The zero-order valence-electron chi connectivity index (χ0n) is 17.9. The molecule has 0 atom stereocenters. The van der Waals surface area contributed by atoms with Crippen molar-refractivity contribution in [3.63, 3.8) is 0 Å². The second-order valence-electron chi connectivity index (χ2n) is 7.23. The molecule has 6 heteroatoms. The zero-order chi connectivity index (χ0) is 21.6. The van der Waals surface area contributed by atoms with Crippen molar-refractivity contribution in [2.45, 2.75) is 32.0 Å². The molecule has 0 saturated heterocycles. The lowest BCUT2D eigenvalue weighted by molar-refractivity contribution is -0.116. The van der Waals surface area contributed by atoms with Gasteiger partial charge in [-0.1, -0.05) is 78.5 Å². The molecule has 5 nitrogen and oxygen atoms in total. The topological polar surface area (TPSA) is 51.0 Å². The maximum Gasteiger partial charge on any atom is 0.237 e. The molecule has 31 heavy (non-hydrogen) atoms. The number of nitrogens with zero attached hydrogens (tertiary/aromatic N) is 4. The molecule has 4 rings (SSSR count). The average molecular weight is 431 g/mol. The van der Waals surface area contributed by atoms with Crippen LogP contribution in [0.25, 0.3) is 10.8 Å². The fourth-order valence-corrected chi connectivity index (χ4v) is 4.68. The number of carbonyl (C=O) groups excluding carboxylic acids is 1. The van der Waals surface area contributed by atoms with Crippen LogP contribution in [-0.4, -0.2) is 33.0 Å². The molecular formula is C25H26N4OS. The molecule has 158 valence electrons. The number of aromatic nitrogens is 3. The number of fused-ring (bicyclic) bond motifs is 1. The number of amides is 1. The second kappa shape index (κ2) is 9.79. The molecule has 0 bridgehead atoms. The first-order valence-corrected chi connectivity index (χ1v) is 11.6. The average Bonchev–Trinajstić information content (AvgIpc) is 3.20. The molecule has 0 radical (unpaired) electrons. The summed E-state index contributed by atoms with van der Waals surface area (Å²) in [4.78, 5) is 15.0. The highest BCUT2D eigenvalue weighted by molar-refractivity contribution is 7.99. The molecule has 1 amide bonds. The van der Waals surface area contributed by atoms with Crippen molar-refractivity contribution >= 4 is 34.1 Å². The Balaban J connectivity index is 1.50. The third-order valence-electron chi connectivity index (χ3n) is 5.31. The van der Waals surface area contributed by atoms with E-state index < -0.39 is 0 Å². The van der Waals surface area contributed by atoms with E-state index in [0.717, 1.165) is 40.4 Å². The van der Waals surface area contributed by atoms with Crippen molar-refractivity contribution in [3.05, 3.63) is 84.2 Å². The van der Waals surface area contributed by atoms with E-state index in [9.17, 15) is 4.79 Å². The van der Waals surface area contributed by atoms with Gasteiger partial charge in [-0.15, -0.1) is 10.2 Å². The number of hydrogen-bond donors (Lipinski definition) is 0. The van der Waals surface area contributed by atoms with E-state index >= 15 is 0 Å². The van der Waals surface area contributed by atoms with Crippen molar-refractivity contribution in [2.24, 2.45) is 0 Å². The summed E-state index contributed by atoms with van der Waals surface area (Å²) in [7, 11) is 0. The third kappa shape index (κ3) is 4.64. The number of benzene rings is 3. The van der Waals surface area contributed by atoms with Gasteiger partial charge in [-0.2, -0.15) is 0 Å². The van der Waals surface area contributed by atoms with Crippen molar-refractivity contribution in [2.75, 3.05) is 17.2 Å². The number of anilines is 1. The first kappa shape index (κ1) is 21.1. The molecular weight excluding hydrogens is 404 g/mol. The second-order valence-corrected chi connectivity index (χ2v) is 8.17. The normalized spacial score (nSPS) is 11.0. The van der Waals surface area contributed by atoms with Gasteiger partial charge in [-0.3, -0.25) is 4.79 Å². The Kier molecular flexibility index (Phi) is 6.67. The van der Waals surface area contributed by atoms with Crippen molar-refractivity contribution < 1.29 is 4.79 Å². The van der Waals surface area contributed by atoms with Crippen LogP contribution >= 0.6 is 11.8 Å². The van der Waals surface area contributed by atoms with Gasteiger partial charge in [0, 0.05) is 24.9 Å². The highest BCUT2D eigenvalue weighted by atomic mass is 32.2. The Hall–Kier alpha value is -3.12. The molecule has 0 aliphatic carbocycles. The monoisotopic (exact) mass is 430 g/mol. The summed E-state index contributed by atoms with van der Waals surface area (Å²) in [5.74, 6) is 1.31. The zero-order valence-corrected chi connectivity index (χ0v) is 18.7. The van der Waals surface area contributed by atoms with Gasteiger partial charge in [-0.25, -0.2) is 0 Å². The summed E-state index contributed by atoms with van der Waals surface area (Å²) >= 11 is 1.45. The van der Waals surface area contributed by atoms with Gasteiger partial charge in [0.25, 0.3) is 0 Å². The van der Waals surface area contributed by atoms with Crippen molar-refractivity contribution in [1.82, 2.24) is 14.8 Å². The Labute approximate surface area is 187 Å². The smallest absolute Gasteiger partial charge is 0.237 e. The highest BCUT2D eigenvalue weighted by Gasteiger charge is 2.19. The van der Waals surface area contributed by atoms with E-state index in [-0.39, 0.29) is 5.91 Å². The third-order valence-corrected chi connectivity index (χ3v) is 6.27. The van der Waals surface area contributed by atoms with Crippen LogP contribution in [0, 0.1) is 0 Å². The minimum Gasteiger partial charge on any atom is -0.311 e. The van der Waals surface area contributed by atoms with Crippen LogP contribution in [0.15, 0.2) is 78.0 Å². The van der Waals surface area contributed by atoms with Crippen LogP contribution in [0.2, 0.25) is 0 Å². The van der Waals surface area contributed by atoms with E-state index in [1.807, 2.05) is 54.3 Å². The largest absolute Gasteiger partial charge is 0.311 e. The van der Waals surface area contributed by atoms with E-state index in [2.05, 4.69) is 52.0 Å². The van der Waals surface area contributed by atoms with Gasteiger partial charge in [0.2, 0.25) is 5.91 Å². The molecule has 4 aromatic rings. The summed E-state index contributed by atoms with van der Waals surface area (Å²) in [6.07, 6.45) is 0.729. The fraction of sp³-hybridized carbons (Fsp3) is 0.240. The van der Waals surface area contributed by atoms with Gasteiger partial charge in [0.15, 0.2) is 5.16 Å². The van der Waals surface area contributed by atoms with Crippen LogP contribution in [-0.2, 0) is 17.8 Å². The summed E-state index contributed by atoms with van der Waals surface area (Å²) < 4.78 is 2.10. The summed E-state index contributed by atoms with van der Waals surface area (Å²) in [5.41, 5.74) is 2.15. The quantitative estimate of drug-likeness (QED) is 0.361. The van der Waals surface area contributed by atoms with Gasteiger partial charge in [0.1, 0.15) is 5.82 Å². The van der Waals surface area contributed by atoms with Crippen LogP contribution in [0.5, 0.6) is 0 Å². The molecule has 0 fully saturated rings. The molecule has 0 saturated carbocycles. The van der Waals surface area contributed by atoms with E-state index in [4.69, 9.17) is 0 Å². The molecule has 3 aromatic carbocycles. The fourth-order valence-electron chi connectivity index (χ4n) is 3.78. The van der Waals surface area contributed by atoms with Crippen LogP contribution in [0.4, 0.5) is 5.69 Å². The first-order chi connectivity index (χ1) is 15.2. The van der Waals surface area contributed by atoms with Crippen LogP contribution < -0.4 is 4.90 Å². The Morgan fingerprint density at radius 2 is 1.68 bits per heavy atom. The minimum absolute atomic E-state index is 0.0686. The van der Waals surface area contributed by atoms with E-state index in [1.165, 1.54) is 17.3 Å². The molecule has 0 aliphatic heterocycles. The predicted molar refractivity (Wildman–Crippen MR) is 128 cm³/mol. The van der Waals surface area contributed by atoms with Gasteiger partial charge in [0.05, 0.1) is 11.4 Å². The van der Waals surface area contributed by atoms with Gasteiger partial charge in [-0.05, 0) is 30.9 Å². The van der Waals surface area contributed by atoms with Gasteiger partial charge >= 0.3 is 0 Å². The minimum atomic E-state index is 0.0686. The molecule has 0 unspecified atom stereocenters. The lowest BCUT2D eigenvalue weighted by atomic mass is 10.1. The van der Waals surface area contributed by atoms with Crippen molar-refractivity contribution in [1.29, 1.82) is 0 Å². The van der Waals surface area contributed by atoms with Crippen LogP contribution in [0.1, 0.15) is 25.2 Å². The lowest BCUT2D eigenvalue weighted by Gasteiger charge is -2.22. The maximum absolute atomic E-state index is 13.1. The number of thioether (sulfide) groups is 1. The molecule has 0 N–H and O–H groups in total. The number of rotatable bonds is 8. The molecule has 0 aliphatic rings. The standard InChI is InChI=1S/C25H26N4OS/c1-3-28(22-16-10-14-20-13-8-9-15-21(20)22)24(30)18-31-25-27-26-23(29(25)4-2)17-19-11-6-5-7-12-19/h5-16H,3-4,17-18H2,1-2H3.